The number of anilines is 1. The third-order valence-electron chi connectivity index (χ3n) is 17.0. The summed E-state index contributed by atoms with van der Waals surface area (Å²) in [6.07, 6.45) is 11.9. The van der Waals surface area contributed by atoms with Crippen LogP contribution >= 0.6 is 0 Å². The van der Waals surface area contributed by atoms with E-state index in [1.54, 1.807) is 28.0 Å². The van der Waals surface area contributed by atoms with Crippen molar-refractivity contribution >= 4 is 34.1 Å². The summed E-state index contributed by atoms with van der Waals surface area (Å²) < 4.78 is 27.2. The molecule has 1 aliphatic heterocycles. The molecule has 0 unspecified atom stereocenters. The summed E-state index contributed by atoms with van der Waals surface area (Å²) in [5.74, 6) is 6.22. The van der Waals surface area contributed by atoms with Gasteiger partial charge in [-0.05, 0) is 129 Å². The molecule has 1 saturated heterocycles. The summed E-state index contributed by atoms with van der Waals surface area (Å²) in [4.78, 5) is 69.0. The molecule has 15 heteroatoms. The smallest absolute Gasteiger partial charge is 0.272 e. The zero-order valence-electron chi connectivity index (χ0n) is 43.8. The van der Waals surface area contributed by atoms with Crippen molar-refractivity contribution in [1.82, 2.24) is 20.0 Å². The average molecular weight is 1020 g/mol. The normalized spacial score (nSPS) is 23.2. The molecule has 3 fully saturated rings. The van der Waals surface area contributed by atoms with Gasteiger partial charge in [0.15, 0.2) is 12.3 Å². The van der Waals surface area contributed by atoms with Gasteiger partial charge in [0.2, 0.25) is 12.5 Å². The van der Waals surface area contributed by atoms with Gasteiger partial charge in [-0.2, -0.15) is 5.10 Å². The van der Waals surface area contributed by atoms with Gasteiger partial charge >= 0.3 is 0 Å². The first-order valence-electron chi connectivity index (χ1n) is 27.1. The number of benzene rings is 3. The Morgan fingerprint density at radius 1 is 0.907 bits per heavy atom. The Labute approximate surface area is 439 Å². The number of hydrogen-bond donors (Lipinski definition) is 2. The number of nitrogens with zero attached hydrogens (tertiary/aromatic N) is 5. The number of amides is 2. The zero-order valence-corrected chi connectivity index (χ0v) is 43.8. The lowest BCUT2D eigenvalue weighted by molar-refractivity contribution is -0.551. The van der Waals surface area contributed by atoms with Crippen molar-refractivity contribution in [2.24, 2.45) is 17.3 Å². The number of nitroso groups, excluding NO2 is 1. The monoisotopic (exact) mass is 1020 g/mol. The fourth-order valence-electron chi connectivity index (χ4n) is 12.9. The minimum absolute atomic E-state index is 0.0565. The summed E-state index contributed by atoms with van der Waals surface area (Å²) in [5.41, 5.74) is 6.24. The summed E-state index contributed by atoms with van der Waals surface area (Å²) in [5, 5.41) is 19.9. The molecule has 4 aromatic rings. The highest BCUT2D eigenvalue weighted by molar-refractivity contribution is 5.95. The standard InChI is InChI=1S/C60H71FN6O8/c1-4-24-60(72)25-23-52-49-20-16-43-38-45(68)19-21-46(43)56(49)51(39-59(52,60)2)42-14-17-44(18-15-42)64(3)26-9-5-6-10-27-67(73)32-33-74-34-35-75-40-55(69)65-28-30-66(31-29-65)58(71)50-36-41(13-22-53(50)61)37-54-47-11-7-8-12-48(47)57(70)63-62-54/h7-8,11-15,17-18,22,36,38,49,51-52,72H,5-6,9-10,16,19-21,23,25-35,37,39-40H2,1-3H3/p+1/t49-,51+,52-,59-,60-/m0/s1. The summed E-state index contributed by atoms with van der Waals surface area (Å²) >= 11 is 0. The lowest BCUT2D eigenvalue weighted by atomic mass is 9.51. The summed E-state index contributed by atoms with van der Waals surface area (Å²) in [6.45, 7) is 7.38. The predicted octanol–water partition coefficient (Wildman–Crippen LogP) is 8.10. The molecular formula is C60H72FN6O8+. The molecule has 4 aliphatic carbocycles. The first-order valence-corrected chi connectivity index (χ1v) is 27.1. The van der Waals surface area contributed by atoms with Crippen LogP contribution in [0.3, 0.4) is 0 Å². The van der Waals surface area contributed by atoms with Crippen molar-refractivity contribution in [3.8, 4) is 11.8 Å². The maximum Gasteiger partial charge on any atom is 0.272 e. The van der Waals surface area contributed by atoms with Gasteiger partial charge in [-0.25, -0.2) is 9.49 Å². The van der Waals surface area contributed by atoms with E-state index in [1.165, 1.54) is 34.4 Å². The highest BCUT2D eigenvalue weighted by atomic mass is 19.1. The molecule has 2 heterocycles. The molecule has 5 atom stereocenters. The number of aromatic amines is 1. The van der Waals surface area contributed by atoms with Crippen molar-refractivity contribution in [3.05, 3.63) is 133 Å². The van der Waals surface area contributed by atoms with E-state index in [0.29, 0.717) is 72.8 Å². The van der Waals surface area contributed by atoms with Crippen molar-refractivity contribution < 1.29 is 38.1 Å². The summed E-state index contributed by atoms with van der Waals surface area (Å²) in [7, 11) is 2.13. The molecule has 1 aromatic heterocycles. The van der Waals surface area contributed by atoms with Crippen LogP contribution in [0.5, 0.6) is 0 Å². The molecule has 0 spiro atoms. The van der Waals surface area contributed by atoms with Crippen LogP contribution in [0, 0.1) is 39.8 Å². The van der Waals surface area contributed by atoms with E-state index in [-0.39, 0.29) is 80.2 Å². The number of ether oxygens (including phenoxy) is 2. The number of rotatable bonds is 20. The molecule has 396 valence electrons. The van der Waals surface area contributed by atoms with Gasteiger partial charge in [0.25, 0.3) is 11.5 Å². The van der Waals surface area contributed by atoms with E-state index < -0.39 is 17.3 Å². The Kier molecular flexibility index (Phi) is 16.9. The second-order valence-electron chi connectivity index (χ2n) is 21.5. The second-order valence-corrected chi connectivity index (χ2v) is 21.5. The molecule has 14 nitrogen and oxygen atoms in total. The van der Waals surface area contributed by atoms with Crippen LogP contribution in [0.25, 0.3) is 10.8 Å². The maximum atomic E-state index is 15.0. The minimum atomic E-state index is -0.994. The number of allylic oxidation sites excluding steroid dienone is 4. The van der Waals surface area contributed by atoms with Crippen LogP contribution in [0.1, 0.15) is 118 Å². The molecule has 9 rings (SSSR count). The Bertz CT molecular complexity index is 2970. The molecule has 5 aliphatic rings. The second kappa shape index (κ2) is 23.7. The number of aliphatic hydroxyl groups is 1. The largest absolute Gasteiger partial charge is 0.377 e. The molecular weight excluding hydrogens is 952 g/mol. The van der Waals surface area contributed by atoms with Crippen molar-refractivity contribution in [2.75, 3.05) is 84.2 Å². The molecule has 2 N–H and O–H groups in total. The number of carbonyl (C=O) groups excluding carboxylic acids is 3. The fraction of sp³-hybridized carbons (Fsp3) is 0.517. The highest BCUT2D eigenvalue weighted by Crippen LogP contribution is 2.66. The summed E-state index contributed by atoms with van der Waals surface area (Å²) in [6, 6.07) is 20.5. The molecule has 0 bridgehead atoms. The van der Waals surface area contributed by atoms with E-state index in [0.717, 1.165) is 74.8 Å². The number of hydrogen-bond acceptors (Lipinski definition) is 10. The number of ketones is 1. The van der Waals surface area contributed by atoms with Gasteiger partial charge in [-0.3, -0.25) is 19.2 Å². The first-order chi connectivity index (χ1) is 36.3. The highest BCUT2D eigenvalue weighted by Gasteiger charge is 2.62. The van der Waals surface area contributed by atoms with Crippen molar-refractivity contribution in [3.63, 3.8) is 0 Å². The first kappa shape index (κ1) is 53.5. The van der Waals surface area contributed by atoms with Gasteiger partial charge in [0, 0.05) is 91.1 Å². The Morgan fingerprint density at radius 3 is 2.44 bits per heavy atom. The van der Waals surface area contributed by atoms with Crippen LogP contribution in [0.4, 0.5) is 10.1 Å². The van der Waals surface area contributed by atoms with Gasteiger partial charge < -0.3 is 29.3 Å². The van der Waals surface area contributed by atoms with E-state index in [9.17, 15) is 33.6 Å². The SMILES string of the molecule is CC#C[C@]1(O)CC[C@H]2[C@@H]3CCC4=CC(=O)CCC4=C3[C@@H](c3ccc(N(C)CCCCCC[N+](=O)CCOCCOCC(=O)N4CCN(C(=O)c5cc(Cc6n[nH]c(=O)c7ccccc67)ccc5F)CC4)cc3)C[C@@]21C. The van der Waals surface area contributed by atoms with Crippen LogP contribution in [-0.2, 0) is 25.5 Å². The lowest BCUT2D eigenvalue weighted by Crippen LogP contribution is -2.51. The Balaban J connectivity index is 0.634. The predicted molar refractivity (Wildman–Crippen MR) is 286 cm³/mol. The number of H-pyrrole nitrogens is 1. The van der Waals surface area contributed by atoms with Gasteiger partial charge in [0.05, 0.1) is 29.9 Å². The number of aromatic nitrogens is 2. The molecule has 0 radical (unpaired) electrons. The van der Waals surface area contributed by atoms with Crippen molar-refractivity contribution in [2.45, 2.75) is 102 Å². The lowest BCUT2D eigenvalue weighted by Gasteiger charge is -2.53. The zero-order chi connectivity index (χ0) is 52.7. The van der Waals surface area contributed by atoms with Crippen LogP contribution in [0.15, 0.2) is 94.3 Å². The molecule has 2 amide bonds. The fourth-order valence-corrected chi connectivity index (χ4v) is 12.9. The molecule has 2 saturated carbocycles. The number of unbranched alkanes of at least 4 members (excludes halogenated alkanes) is 3. The van der Waals surface area contributed by atoms with E-state index in [4.69, 9.17) is 9.47 Å². The van der Waals surface area contributed by atoms with E-state index in [2.05, 4.69) is 65.2 Å². The molecule has 75 heavy (non-hydrogen) atoms. The third-order valence-corrected chi connectivity index (χ3v) is 17.0. The van der Waals surface area contributed by atoms with E-state index >= 15 is 0 Å². The molecule has 3 aromatic carbocycles. The van der Waals surface area contributed by atoms with Crippen LogP contribution < -0.4 is 10.5 Å². The maximum absolute atomic E-state index is 15.0. The number of halogens is 1. The van der Waals surface area contributed by atoms with Crippen LogP contribution in [-0.4, -0.2) is 132 Å². The number of nitrogens with one attached hydrogen (secondary N) is 1. The minimum Gasteiger partial charge on any atom is -0.377 e. The van der Waals surface area contributed by atoms with E-state index in [1.807, 2.05) is 25.1 Å². The van der Waals surface area contributed by atoms with Gasteiger partial charge in [0.1, 0.15) is 24.6 Å². The quantitative estimate of drug-likeness (QED) is 0.0502. The Morgan fingerprint density at radius 2 is 1.65 bits per heavy atom. The van der Waals surface area contributed by atoms with Crippen LogP contribution in [0.2, 0.25) is 0 Å². The van der Waals surface area contributed by atoms with Gasteiger partial charge in [-0.1, -0.05) is 61.2 Å². The average Bonchev–Trinajstić information content (AvgIpc) is 3.79. The van der Waals surface area contributed by atoms with Gasteiger partial charge in [-0.15, -0.1) is 5.92 Å². The number of carbonyl (C=O) groups is 3. The van der Waals surface area contributed by atoms with Crippen molar-refractivity contribution in [1.29, 1.82) is 0 Å². The Hall–Kier alpha value is -6.34. The number of fused-ring (bicyclic) bond motifs is 5. The number of piperazine rings is 1. The third kappa shape index (κ3) is 11.7. The topological polar surface area (TPSA) is 165 Å².